The number of benzene rings is 1. The molecule has 0 nitrogen and oxygen atoms in total. The average molecular weight is 200 g/mol. The molecule has 0 bridgehead atoms. The Bertz CT molecular complexity index is 434. The lowest BCUT2D eigenvalue weighted by Gasteiger charge is -2.20. The third-order valence-electron chi connectivity index (χ3n) is 3.74. The Morgan fingerprint density at radius 2 is 1.67 bits per heavy atom. The molecule has 1 aliphatic rings. The van der Waals surface area contributed by atoms with Gasteiger partial charge in [-0.1, -0.05) is 26.0 Å². The van der Waals surface area contributed by atoms with E-state index >= 15 is 0 Å². The Morgan fingerprint density at radius 1 is 1.00 bits per heavy atom. The van der Waals surface area contributed by atoms with Gasteiger partial charge in [0.15, 0.2) is 0 Å². The lowest BCUT2D eigenvalue weighted by molar-refractivity contribution is 0.840. The van der Waals surface area contributed by atoms with Crippen LogP contribution in [0, 0.1) is 20.8 Å². The second kappa shape index (κ2) is 3.52. The van der Waals surface area contributed by atoms with Crippen LogP contribution in [0.2, 0.25) is 0 Å². The van der Waals surface area contributed by atoms with Crippen LogP contribution in [0.5, 0.6) is 0 Å². The van der Waals surface area contributed by atoms with E-state index in [4.69, 9.17) is 0 Å². The molecule has 0 spiro atoms. The third kappa shape index (κ3) is 1.43. The molecule has 0 fully saturated rings. The van der Waals surface area contributed by atoms with Crippen LogP contribution in [-0.2, 0) is 6.42 Å². The maximum atomic E-state index is 2.29. The van der Waals surface area contributed by atoms with E-state index < -0.39 is 0 Å². The maximum Gasteiger partial charge on any atom is -0.00853 e. The van der Waals surface area contributed by atoms with E-state index in [1.807, 2.05) is 0 Å². The van der Waals surface area contributed by atoms with Crippen molar-refractivity contribution >= 4 is 6.08 Å². The molecule has 1 aliphatic carbocycles. The Morgan fingerprint density at radius 3 is 2.27 bits per heavy atom. The first-order valence-electron chi connectivity index (χ1n) is 5.83. The molecule has 0 aliphatic heterocycles. The summed E-state index contributed by atoms with van der Waals surface area (Å²) in [7, 11) is 0. The molecule has 0 unspecified atom stereocenters. The summed E-state index contributed by atoms with van der Waals surface area (Å²) in [6.45, 7) is 11.4. The van der Waals surface area contributed by atoms with Gasteiger partial charge in [0.2, 0.25) is 0 Å². The summed E-state index contributed by atoms with van der Waals surface area (Å²) in [5, 5.41) is 0. The number of fused-ring (bicyclic) bond motifs is 1. The number of hydrogen-bond acceptors (Lipinski definition) is 0. The normalized spacial score (nSPS) is 13.7. The molecule has 0 amide bonds. The fraction of sp³-hybridized carbons (Fsp3) is 0.467. The van der Waals surface area contributed by atoms with Crippen LogP contribution in [-0.4, -0.2) is 0 Å². The van der Waals surface area contributed by atoms with Gasteiger partial charge >= 0.3 is 0 Å². The van der Waals surface area contributed by atoms with Gasteiger partial charge in [0.05, 0.1) is 0 Å². The van der Waals surface area contributed by atoms with Crippen molar-refractivity contribution in [1.82, 2.24) is 0 Å². The lowest BCUT2D eigenvalue weighted by atomic mass is 9.85. The molecule has 0 aromatic heterocycles. The van der Waals surface area contributed by atoms with Crippen molar-refractivity contribution in [2.45, 2.75) is 47.0 Å². The van der Waals surface area contributed by atoms with Gasteiger partial charge in [-0.15, -0.1) is 0 Å². The minimum Gasteiger partial charge on any atom is -0.0795 e. The highest BCUT2D eigenvalue weighted by Gasteiger charge is 2.18. The first-order valence-corrected chi connectivity index (χ1v) is 5.83. The standard InChI is InChI=1S/C15H20/c1-9(2)15-11(4)10(3)13-7-6-8-14(13)12(15)5/h6,8-9H,7H2,1-5H3. The van der Waals surface area contributed by atoms with Crippen LogP contribution in [0.15, 0.2) is 6.08 Å². The van der Waals surface area contributed by atoms with Gasteiger partial charge in [-0.05, 0) is 66.5 Å². The molecule has 15 heavy (non-hydrogen) atoms. The number of allylic oxidation sites excluding steroid dienone is 1. The van der Waals surface area contributed by atoms with E-state index in [0.717, 1.165) is 6.42 Å². The molecule has 0 radical (unpaired) electrons. The van der Waals surface area contributed by atoms with Crippen molar-refractivity contribution in [1.29, 1.82) is 0 Å². The zero-order chi connectivity index (χ0) is 11.2. The van der Waals surface area contributed by atoms with E-state index in [9.17, 15) is 0 Å². The van der Waals surface area contributed by atoms with Gasteiger partial charge in [0.1, 0.15) is 0 Å². The van der Waals surface area contributed by atoms with E-state index in [0.29, 0.717) is 5.92 Å². The third-order valence-corrected chi connectivity index (χ3v) is 3.74. The van der Waals surface area contributed by atoms with Crippen molar-refractivity contribution in [3.8, 4) is 0 Å². The van der Waals surface area contributed by atoms with Crippen LogP contribution in [0.25, 0.3) is 6.08 Å². The molecule has 0 saturated heterocycles. The second-order valence-electron chi connectivity index (χ2n) is 4.94. The summed E-state index contributed by atoms with van der Waals surface area (Å²) in [5.41, 5.74) is 9.10. The fourth-order valence-corrected chi connectivity index (χ4v) is 2.93. The Balaban J connectivity index is 2.77. The predicted molar refractivity (Wildman–Crippen MR) is 67.5 cm³/mol. The zero-order valence-electron chi connectivity index (χ0n) is 10.4. The molecule has 2 rings (SSSR count). The molecule has 0 atom stereocenters. The highest BCUT2D eigenvalue weighted by Crippen LogP contribution is 2.35. The van der Waals surface area contributed by atoms with Crippen molar-refractivity contribution in [2.24, 2.45) is 0 Å². The topological polar surface area (TPSA) is 0 Å². The minimum atomic E-state index is 0.628. The van der Waals surface area contributed by atoms with Crippen molar-refractivity contribution in [2.75, 3.05) is 0 Å². The minimum absolute atomic E-state index is 0.628. The van der Waals surface area contributed by atoms with E-state index in [2.05, 4.69) is 46.8 Å². The molecular formula is C15H20. The summed E-state index contributed by atoms with van der Waals surface area (Å²) in [4.78, 5) is 0. The van der Waals surface area contributed by atoms with Crippen molar-refractivity contribution < 1.29 is 0 Å². The largest absolute Gasteiger partial charge is 0.0795 e. The van der Waals surface area contributed by atoms with E-state index in [1.165, 1.54) is 22.3 Å². The van der Waals surface area contributed by atoms with Crippen LogP contribution in [0.4, 0.5) is 0 Å². The Hall–Kier alpha value is -1.04. The predicted octanol–water partition coefficient (Wildman–Crippen LogP) is 4.30. The number of hydrogen-bond donors (Lipinski definition) is 0. The Kier molecular flexibility index (Phi) is 2.46. The molecule has 1 aromatic rings. The van der Waals surface area contributed by atoms with E-state index in [1.54, 1.807) is 11.1 Å². The summed E-state index contributed by atoms with van der Waals surface area (Å²) < 4.78 is 0. The summed E-state index contributed by atoms with van der Waals surface area (Å²) >= 11 is 0. The van der Waals surface area contributed by atoms with Gasteiger partial charge in [0.25, 0.3) is 0 Å². The second-order valence-corrected chi connectivity index (χ2v) is 4.94. The van der Waals surface area contributed by atoms with Crippen molar-refractivity contribution in [3.63, 3.8) is 0 Å². The SMILES string of the molecule is Cc1c(C)c(C(C)C)c(C)c2c1CC=C2. The molecule has 0 saturated carbocycles. The molecule has 80 valence electrons. The summed E-state index contributed by atoms with van der Waals surface area (Å²) in [6.07, 6.45) is 5.71. The summed E-state index contributed by atoms with van der Waals surface area (Å²) in [6, 6.07) is 0. The van der Waals surface area contributed by atoms with Gasteiger partial charge in [-0.3, -0.25) is 0 Å². The van der Waals surface area contributed by atoms with Crippen LogP contribution < -0.4 is 0 Å². The quantitative estimate of drug-likeness (QED) is 0.634. The van der Waals surface area contributed by atoms with E-state index in [-0.39, 0.29) is 0 Å². The molecular weight excluding hydrogens is 180 g/mol. The molecule has 0 N–H and O–H groups in total. The first-order chi connectivity index (χ1) is 7.04. The fourth-order valence-electron chi connectivity index (χ4n) is 2.93. The average Bonchev–Trinajstić information content (AvgIpc) is 2.62. The van der Waals surface area contributed by atoms with Crippen molar-refractivity contribution in [3.05, 3.63) is 39.5 Å². The zero-order valence-corrected chi connectivity index (χ0v) is 10.4. The highest BCUT2D eigenvalue weighted by molar-refractivity contribution is 5.68. The van der Waals surface area contributed by atoms with Crippen LogP contribution >= 0.6 is 0 Å². The van der Waals surface area contributed by atoms with Crippen LogP contribution in [0.1, 0.15) is 53.1 Å². The number of rotatable bonds is 1. The maximum absolute atomic E-state index is 2.29. The van der Waals surface area contributed by atoms with Gasteiger partial charge in [0, 0.05) is 0 Å². The molecule has 1 aromatic carbocycles. The monoisotopic (exact) mass is 200 g/mol. The lowest BCUT2D eigenvalue weighted by Crippen LogP contribution is -2.04. The highest BCUT2D eigenvalue weighted by atomic mass is 14.2. The smallest absolute Gasteiger partial charge is 0.00853 e. The summed E-state index contributed by atoms with van der Waals surface area (Å²) in [5.74, 6) is 0.628. The van der Waals surface area contributed by atoms with Crippen LogP contribution in [0.3, 0.4) is 0 Å². The van der Waals surface area contributed by atoms with Gasteiger partial charge in [-0.25, -0.2) is 0 Å². The van der Waals surface area contributed by atoms with Gasteiger partial charge < -0.3 is 0 Å². The van der Waals surface area contributed by atoms with Gasteiger partial charge in [-0.2, -0.15) is 0 Å². The molecule has 0 heterocycles. The first kappa shape index (κ1) is 10.5. The Labute approximate surface area is 93.0 Å². The molecule has 0 heteroatoms.